The number of rotatable bonds is 5. The van der Waals surface area contributed by atoms with Gasteiger partial charge < -0.3 is 19.2 Å². The molecule has 0 bridgehead atoms. The summed E-state index contributed by atoms with van der Waals surface area (Å²) in [4.78, 5) is 47.2. The molecule has 1 N–H and O–H groups in total. The maximum absolute atomic E-state index is 11.7. The van der Waals surface area contributed by atoms with E-state index in [1.807, 2.05) is 0 Å². The molecular weight excluding hydrogens is 344 g/mol. The zero-order valence-electron chi connectivity index (χ0n) is 13.9. The van der Waals surface area contributed by atoms with Crippen molar-refractivity contribution in [3.05, 3.63) is 40.2 Å². The summed E-state index contributed by atoms with van der Waals surface area (Å²) in [7, 11) is 0. The van der Waals surface area contributed by atoms with Crippen molar-refractivity contribution in [2.45, 2.75) is 6.92 Å². The highest BCUT2D eigenvalue weighted by molar-refractivity contribution is 5.97. The van der Waals surface area contributed by atoms with Crippen LogP contribution in [0.1, 0.15) is 5.56 Å². The SMILES string of the molecule is Cc1cc(=O)oc2cc(OCC(=O)OCC(=O)N3CCNC3=O)ccc12. The van der Waals surface area contributed by atoms with Crippen molar-refractivity contribution in [2.75, 3.05) is 26.3 Å². The zero-order valence-corrected chi connectivity index (χ0v) is 13.9. The number of hydrogen-bond donors (Lipinski definition) is 1. The van der Waals surface area contributed by atoms with Gasteiger partial charge in [-0.05, 0) is 24.6 Å². The number of aryl methyl sites for hydroxylation is 1. The molecule has 0 unspecified atom stereocenters. The summed E-state index contributed by atoms with van der Waals surface area (Å²) in [5, 5.41) is 3.24. The Morgan fingerprint density at radius 3 is 2.77 bits per heavy atom. The molecule has 0 saturated carbocycles. The number of fused-ring (bicyclic) bond motifs is 1. The maximum Gasteiger partial charge on any atom is 0.344 e. The van der Waals surface area contributed by atoms with E-state index in [1.165, 1.54) is 12.1 Å². The van der Waals surface area contributed by atoms with Crippen LogP contribution in [0, 0.1) is 6.92 Å². The molecule has 26 heavy (non-hydrogen) atoms. The lowest BCUT2D eigenvalue weighted by Gasteiger charge is -2.12. The molecule has 1 fully saturated rings. The van der Waals surface area contributed by atoms with Crippen molar-refractivity contribution in [3.63, 3.8) is 0 Å². The van der Waals surface area contributed by atoms with Gasteiger partial charge in [-0.1, -0.05) is 0 Å². The molecule has 2 heterocycles. The summed E-state index contributed by atoms with van der Waals surface area (Å²) in [6.07, 6.45) is 0. The van der Waals surface area contributed by atoms with E-state index < -0.39 is 36.7 Å². The fraction of sp³-hybridized carbons (Fsp3) is 0.294. The smallest absolute Gasteiger partial charge is 0.344 e. The fourth-order valence-corrected chi connectivity index (χ4v) is 2.51. The van der Waals surface area contributed by atoms with Crippen LogP contribution >= 0.6 is 0 Å². The van der Waals surface area contributed by atoms with Crippen molar-refractivity contribution >= 4 is 28.9 Å². The molecule has 1 aromatic heterocycles. The maximum atomic E-state index is 11.7. The average Bonchev–Trinajstić information content (AvgIpc) is 3.03. The lowest BCUT2D eigenvalue weighted by molar-refractivity contribution is -0.152. The monoisotopic (exact) mass is 360 g/mol. The normalized spacial score (nSPS) is 13.6. The van der Waals surface area contributed by atoms with E-state index in [1.54, 1.807) is 19.1 Å². The quantitative estimate of drug-likeness (QED) is 0.612. The summed E-state index contributed by atoms with van der Waals surface area (Å²) in [5.74, 6) is -1.05. The van der Waals surface area contributed by atoms with E-state index in [-0.39, 0.29) is 6.54 Å². The number of nitrogens with one attached hydrogen (secondary N) is 1. The van der Waals surface area contributed by atoms with Gasteiger partial charge in [-0.3, -0.25) is 9.69 Å². The summed E-state index contributed by atoms with van der Waals surface area (Å²) in [5.41, 5.74) is 0.638. The molecule has 0 spiro atoms. The van der Waals surface area contributed by atoms with Crippen LogP contribution in [-0.2, 0) is 14.3 Å². The molecule has 1 saturated heterocycles. The Bertz CT molecular complexity index is 934. The Labute approximate surface area is 147 Å². The van der Waals surface area contributed by atoms with Gasteiger partial charge in [-0.25, -0.2) is 14.4 Å². The Morgan fingerprint density at radius 1 is 1.23 bits per heavy atom. The van der Waals surface area contributed by atoms with Gasteiger partial charge in [0.25, 0.3) is 5.91 Å². The van der Waals surface area contributed by atoms with Gasteiger partial charge in [0.05, 0.1) is 0 Å². The van der Waals surface area contributed by atoms with Gasteiger partial charge in [-0.15, -0.1) is 0 Å². The van der Waals surface area contributed by atoms with E-state index in [2.05, 4.69) is 5.32 Å². The number of benzene rings is 1. The number of urea groups is 1. The van der Waals surface area contributed by atoms with Crippen molar-refractivity contribution in [1.29, 1.82) is 0 Å². The second-order valence-corrected chi connectivity index (χ2v) is 5.63. The third-order valence-electron chi connectivity index (χ3n) is 3.79. The van der Waals surface area contributed by atoms with Crippen LogP contribution in [-0.4, -0.2) is 49.1 Å². The number of carbonyl (C=O) groups excluding carboxylic acids is 3. The average molecular weight is 360 g/mol. The number of nitrogens with zero attached hydrogens (tertiary/aromatic N) is 1. The number of carbonyl (C=O) groups is 3. The number of esters is 1. The molecule has 9 heteroatoms. The molecule has 0 radical (unpaired) electrons. The van der Waals surface area contributed by atoms with Gasteiger partial charge in [0.15, 0.2) is 13.2 Å². The molecular formula is C17H16N2O7. The lowest BCUT2D eigenvalue weighted by Crippen LogP contribution is -2.37. The second-order valence-electron chi connectivity index (χ2n) is 5.63. The van der Waals surface area contributed by atoms with Gasteiger partial charge in [-0.2, -0.15) is 0 Å². The highest BCUT2D eigenvalue weighted by Crippen LogP contribution is 2.22. The minimum atomic E-state index is -0.760. The Kier molecular flexibility index (Phi) is 4.87. The number of amides is 3. The van der Waals surface area contributed by atoms with Crippen molar-refractivity contribution < 1.29 is 28.3 Å². The summed E-state index contributed by atoms with van der Waals surface area (Å²) in [6.45, 7) is 1.43. The molecule has 1 aliphatic heterocycles. The van der Waals surface area contributed by atoms with Crippen LogP contribution in [0.5, 0.6) is 5.75 Å². The molecule has 1 aromatic carbocycles. The van der Waals surface area contributed by atoms with Crippen LogP contribution in [0.3, 0.4) is 0 Å². The van der Waals surface area contributed by atoms with Crippen molar-refractivity contribution in [2.24, 2.45) is 0 Å². The van der Waals surface area contributed by atoms with E-state index in [4.69, 9.17) is 13.9 Å². The highest BCUT2D eigenvalue weighted by atomic mass is 16.6. The molecule has 136 valence electrons. The largest absolute Gasteiger partial charge is 0.482 e. The predicted octanol–water partition coefficient (Wildman–Crippen LogP) is 0.575. The predicted molar refractivity (Wildman–Crippen MR) is 88.8 cm³/mol. The topological polar surface area (TPSA) is 115 Å². The van der Waals surface area contributed by atoms with E-state index >= 15 is 0 Å². The number of hydrogen-bond acceptors (Lipinski definition) is 7. The summed E-state index contributed by atoms with van der Waals surface area (Å²) >= 11 is 0. The minimum Gasteiger partial charge on any atom is -0.482 e. The van der Waals surface area contributed by atoms with E-state index in [0.717, 1.165) is 15.8 Å². The first-order valence-corrected chi connectivity index (χ1v) is 7.85. The molecule has 1 aliphatic rings. The molecule has 3 rings (SSSR count). The van der Waals surface area contributed by atoms with Gasteiger partial charge >= 0.3 is 17.6 Å². The van der Waals surface area contributed by atoms with E-state index in [9.17, 15) is 19.2 Å². The summed E-state index contributed by atoms with van der Waals surface area (Å²) < 4.78 is 15.2. The van der Waals surface area contributed by atoms with Gasteiger partial charge in [0.2, 0.25) is 0 Å². The van der Waals surface area contributed by atoms with Crippen LogP contribution in [0.15, 0.2) is 33.5 Å². The third kappa shape index (κ3) is 3.82. The third-order valence-corrected chi connectivity index (χ3v) is 3.79. The highest BCUT2D eigenvalue weighted by Gasteiger charge is 2.26. The number of imide groups is 1. The first kappa shape index (κ1) is 17.5. The molecule has 9 nitrogen and oxygen atoms in total. The standard InChI is InChI=1S/C17H16N2O7/c1-10-6-15(21)26-13-7-11(2-3-12(10)13)24-9-16(22)25-8-14(20)19-5-4-18-17(19)23/h2-3,6-7H,4-5,8-9H2,1H3,(H,18,23). The first-order chi connectivity index (χ1) is 12.4. The van der Waals surface area contributed by atoms with Crippen LogP contribution in [0.2, 0.25) is 0 Å². The fourth-order valence-electron chi connectivity index (χ4n) is 2.51. The lowest BCUT2D eigenvalue weighted by atomic mass is 10.1. The molecule has 2 aromatic rings. The van der Waals surface area contributed by atoms with Gasteiger partial charge in [0.1, 0.15) is 11.3 Å². The van der Waals surface area contributed by atoms with Crippen LogP contribution in [0.25, 0.3) is 11.0 Å². The Hall–Kier alpha value is -3.36. The number of ether oxygens (including phenoxy) is 2. The van der Waals surface area contributed by atoms with Crippen LogP contribution in [0.4, 0.5) is 4.79 Å². The Balaban J connectivity index is 1.54. The zero-order chi connectivity index (χ0) is 18.7. The minimum absolute atomic E-state index is 0.243. The second kappa shape index (κ2) is 7.26. The van der Waals surface area contributed by atoms with Crippen molar-refractivity contribution in [1.82, 2.24) is 10.2 Å². The molecule has 3 amide bonds. The van der Waals surface area contributed by atoms with Crippen molar-refractivity contribution in [3.8, 4) is 5.75 Å². The van der Waals surface area contributed by atoms with E-state index in [0.29, 0.717) is 17.9 Å². The Morgan fingerprint density at radius 2 is 2.04 bits per heavy atom. The van der Waals surface area contributed by atoms with Crippen LogP contribution < -0.4 is 15.7 Å². The summed E-state index contributed by atoms with van der Waals surface area (Å²) in [6, 6.07) is 5.72. The van der Waals surface area contributed by atoms with Gasteiger partial charge in [0, 0.05) is 30.6 Å². The molecule has 0 atom stereocenters. The first-order valence-electron chi connectivity index (χ1n) is 7.85. The molecule has 0 aliphatic carbocycles.